The molecular weight excluding hydrogens is 851 g/mol. The van der Waals surface area contributed by atoms with Crippen molar-refractivity contribution < 1.29 is 42.9 Å². The van der Waals surface area contributed by atoms with Gasteiger partial charge in [0.15, 0.2) is 12.4 Å². The molecule has 9 heteroatoms. The first kappa shape index (κ1) is 63.4. The third-order valence-corrected chi connectivity index (χ3v) is 10.1. The molecule has 0 rings (SSSR count). The molecule has 0 heterocycles. The van der Waals surface area contributed by atoms with Crippen LogP contribution in [0.15, 0.2) is 134 Å². The Labute approximate surface area is 414 Å². The lowest BCUT2D eigenvalue weighted by Crippen LogP contribution is -2.44. The molecule has 0 radical (unpaired) electrons. The topological polar surface area (TPSA) is 111 Å². The first-order chi connectivity index (χ1) is 33.1. The summed E-state index contributed by atoms with van der Waals surface area (Å²) in [7, 11) is 5.87. The van der Waals surface area contributed by atoms with E-state index in [1.54, 1.807) is 0 Å². The number of rotatable bonds is 45. The van der Waals surface area contributed by atoms with Gasteiger partial charge < -0.3 is 33.3 Å². The van der Waals surface area contributed by atoms with E-state index in [0.29, 0.717) is 30.3 Å². The van der Waals surface area contributed by atoms with Gasteiger partial charge in [0.1, 0.15) is 13.2 Å². The summed E-state index contributed by atoms with van der Waals surface area (Å²) >= 11 is 0. The molecule has 0 aliphatic carbocycles. The number of carbonyl (C=O) groups is 3. The number of hydrogen-bond acceptors (Lipinski definition) is 8. The van der Waals surface area contributed by atoms with Gasteiger partial charge in [-0.1, -0.05) is 180 Å². The SMILES string of the molecule is CC/C=C\C/C=C\C/C=C\C/C=C\C/C=C\C/C=C\C/C=C\C/C=C\C/C=C\CCCC(=O)OC(COC(=O)CCCCCCC/C=C\C/C=C\CCCC)COC(OCC[N+](C)(C)C)C(=O)[O-]. The maximum atomic E-state index is 12.8. The molecule has 2 unspecified atom stereocenters. The van der Waals surface area contributed by atoms with Crippen molar-refractivity contribution in [3.05, 3.63) is 134 Å². The van der Waals surface area contributed by atoms with Crippen molar-refractivity contribution >= 4 is 17.9 Å². The largest absolute Gasteiger partial charge is 0.545 e. The number of hydrogen-bond donors (Lipinski definition) is 0. The summed E-state index contributed by atoms with van der Waals surface area (Å²) < 4.78 is 22.5. The quantitative estimate of drug-likeness (QED) is 0.0195. The van der Waals surface area contributed by atoms with E-state index in [1.165, 1.54) is 12.8 Å². The number of unbranched alkanes of at least 4 members (excludes halogenated alkanes) is 8. The first-order valence-electron chi connectivity index (χ1n) is 25.8. The van der Waals surface area contributed by atoms with Crippen LogP contribution >= 0.6 is 0 Å². The number of quaternary nitrogens is 1. The smallest absolute Gasteiger partial charge is 0.306 e. The lowest BCUT2D eigenvalue weighted by Gasteiger charge is -2.26. The van der Waals surface area contributed by atoms with Gasteiger partial charge in [0.05, 0.1) is 40.3 Å². The lowest BCUT2D eigenvalue weighted by molar-refractivity contribution is -0.870. The van der Waals surface area contributed by atoms with E-state index in [2.05, 4.69) is 141 Å². The fourth-order valence-corrected chi connectivity index (χ4v) is 6.14. The second-order valence-electron chi connectivity index (χ2n) is 17.7. The van der Waals surface area contributed by atoms with E-state index in [0.717, 1.165) is 103 Å². The predicted molar refractivity (Wildman–Crippen MR) is 283 cm³/mol. The standard InChI is InChI=1S/C59H93NO8/c1-6-8-10-12-14-16-18-20-22-23-24-25-26-27-28-29-30-31-32-33-34-35-36-38-40-42-44-46-48-50-57(62)68-55(54-67-59(58(63)64)65-52-51-60(3,4)5)53-66-56(61)49-47-45-43-41-39-37-21-19-17-15-13-11-9-7-2/h8,10,13-16,19-22,24-25,27-28,30-31,33-34,36,38,42,44,55,59H,6-7,9,11-12,17-18,23,26,29,32,35,37,39-41,43,45-54H2,1-5H3/b10-8-,15-13-,16-14-,21-19-,22-20-,25-24-,28-27-,31-30-,34-33-,38-36-,44-42-. The van der Waals surface area contributed by atoms with Crippen LogP contribution in [0.1, 0.15) is 162 Å². The van der Waals surface area contributed by atoms with E-state index in [-0.39, 0.29) is 32.7 Å². The molecule has 0 fully saturated rings. The Kier molecular flexibility index (Phi) is 45.6. The van der Waals surface area contributed by atoms with Gasteiger partial charge in [0, 0.05) is 12.8 Å². The third kappa shape index (κ3) is 49.3. The van der Waals surface area contributed by atoms with Crippen LogP contribution in [-0.2, 0) is 33.3 Å². The summed E-state index contributed by atoms with van der Waals surface area (Å²) in [5.41, 5.74) is 0. The van der Waals surface area contributed by atoms with Crippen LogP contribution < -0.4 is 5.11 Å². The van der Waals surface area contributed by atoms with Gasteiger partial charge in [-0.25, -0.2) is 0 Å². The van der Waals surface area contributed by atoms with Crippen molar-refractivity contribution in [3.8, 4) is 0 Å². The Morgan fingerprint density at radius 2 is 0.853 bits per heavy atom. The number of carboxylic acid groups (broad SMARTS) is 1. The fourth-order valence-electron chi connectivity index (χ4n) is 6.14. The number of nitrogens with zero attached hydrogens (tertiary/aromatic N) is 1. The van der Waals surface area contributed by atoms with Gasteiger partial charge >= 0.3 is 11.9 Å². The number of likely N-dealkylation sites (N-methyl/N-ethyl adjacent to an activating group) is 1. The molecule has 0 spiro atoms. The van der Waals surface area contributed by atoms with Crippen LogP contribution in [-0.4, -0.2) is 82.3 Å². The molecule has 0 aliphatic rings. The average Bonchev–Trinajstić information content (AvgIpc) is 3.30. The number of aliphatic carboxylic acids is 1. The van der Waals surface area contributed by atoms with Crippen molar-refractivity contribution in [2.24, 2.45) is 0 Å². The van der Waals surface area contributed by atoms with E-state index >= 15 is 0 Å². The number of esters is 2. The molecule has 68 heavy (non-hydrogen) atoms. The maximum absolute atomic E-state index is 12.8. The molecule has 0 aromatic rings. The summed E-state index contributed by atoms with van der Waals surface area (Å²) in [6.45, 7) is 4.47. The molecule has 0 saturated heterocycles. The van der Waals surface area contributed by atoms with Gasteiger partial charge in [-0.05, 0) is 103 Å². The van der Waals surface area contributed by atoms with Crippen molar-refractivity contribution in [1.82, 2.24) is 0 Å². The summed E-state index contributed by atoms with van der Waals surface area (Å²) in [5.74, 6) is -2.41. The normalized spacial score (nSPS) is 14.0. The number of ether oxygens (including phenoxy) is 4. The third-order valence-electron chi connectivity index (χ3n) is 10.1. The molecule has 2 atom stereocenters. The zero-order valence-electron chi connectivity index (χ0n) is 43.2. The van der Waals surface area contributed by atoms with Crippen LogP contribution in [0.2, 0.25) is 0 Å². The Hall–Kier alpha value is -4.57. The molecule has 0 bridgehead atoms. The summed E-state index contributed by atoms with van der Waals surface area (Å²) in [6, 6.07) is 0. The minimum Gasteiger partial charge on any atom is -0.545 e. The van der Waals surface area contributed by atoms with Crippen molar-refractivity contribution in [3.63, 3.8) is 0 Å². The van der Waals surface area contributed by atoms with Gasteiger partial charge in [-0.2, -0.15) is 0 Å². The summed E-state index contributed by atoms with van der Waals surface area (Å²) in [4.78, 5) is 37.1. The summed E-state index contributed by atoms with van der Waals surface area (Å²) in [6.07, 6.45) is 66.4. The molecule has 0 aliphatic heterocycles. The van der Waals surface area contributed by atoms with E-state index < -0.39 is 30.3 Å². The Morgan fingerprint density at radius 3 is 1.29 bits per heavy atom. The van der Waals surface area contributed by atoms with Crippen LogP contribution in [0.5, 0.6) is 0 Å². The number of carbonyl (C=O) groups excluding carboxylic acids is 3. The molecule has 382 valence electrons. The Balaban J connectivity index is 4.47. The predicted octanol–water partition coefficient (Wildman–Crippen LogP) is 13.4. The van der Waals surface area contributed by atoms with Gasteiger partial charge in [0.2, 0.25) is 0 Å². The molecule has 9 nitrogen and oxygen atoms in total. The van der Waals surface area contributed by atoms with Crippen LogP contribution in [0.3, 0.4) is 0 Å². The molecular formula is C59H93NO8. The van der Waals surface area contributed by atoms with Gasteiger partial charge in [-0.3, -0.25) is 9.59 Å². The van der Waals surface area contributed by atoms with Crippen molar-refractivity contribution in [1.29, 1.82) is 0 Å². The van der Waals surface area contributed by atoms with Crippen LogP contribution in [0, 0.1) is 0 Å². The summed E-state index contributed by atoms with van der Waals surface area (Å²) in [5, 5.41) is 11.7. The average molecular weight is 944 g/mol. The zero-order valence-corrected chi connectivity index (χ0v) is 43.2. The van der Waals surface area contributed by atoms with Crippen LogP contribution in [0.25, 0.3) is 0 Å². The highest BCUT2D eigenvalue weighted by Gasteiger charge is 2.21. The van der Waals surface area contributed by atoms with Crippen LogP contribution in [0.4, 0.5) is 0 Å². The first-order valence-corrected chi connectivity index (χ1v) is 25.8. The van der Waals surface area contributed by atoms with E-state index in [9.17, 15) is 19.5 Å². The number of allylic oxidation sites excluding steroid dienone is 22. The Morgan fingerprint density at radius 1 is 0.456 bits per heavy atom. The van der Waals surface area contributed by atoms with E-state index in [4.69, 9.17) is 18.9 Å². The Bertz CT molecular complexity index is 1570. The highest BCUT2D eigenvalue weighted by atomic mass is 16.7. The zero-order chi connectivity index (χ0) is 49.9. The van der Waals surface area contributed by atoms with Crippen molar-refractivity contribution in [2.45, 2.75) is 174 Å². The second kappa shape index (κ2) is 48.9. The minimum absolute atomic E-state index is 0.126. The molecule has 0 N–H and O–H groups in total. The fraction of sp³-hybridized carbons (Fsp3) is 0.576. The monoisotopic (exact) mass is 944 g/mol. The van der Waals surface area contributed by atoms with Gasteiger partial charge in [-0.15, -0.1) is 0 Å². The minimum atomic E-state index is -1.65. The highest BCUT2D eigenvalue weighted by molar-refractivity contribution is 5.70. The molecule has 0 aromatic carbocycles. The van der Waals surface area contributed by atoms with E-state index in [1.807, 2.05) is 27.2 Å². The van der Waals surface area contributed by atoms with Gasteiger partial charge in [0.25, 0.3) is 0 Å². The van der Waals surface area contributed by atoms with Crippen molar-refractivity contribution in [2.75, 3.05) is 47.5 Å². The number of carboxylic acids is 1. The second-order valence-corrected chi connectivity index (χ2v) is 17.7. The molecule has 0 saturated carbocycles. The molecule has 0 aromatic heterocycles. The highest BCUT2D eigenvalue weighted by Crippen LogP contribution is 2.11. The molecule has 0 amide bonds. The maximum Gasteiger partial charge on any atom is 0.306 e. The lowest BCUT2D eigenvalue weighted by atomic mass is 10.1.